The van der Waals surface area contributed by atoms with Crippen molar-refractivity contribution >= 4 is 11.7 Å². The van der Waals surface area contributed by atoms with Gasteiger partial charge in [0.2, 0.25) is 5.91 Å². The normalized spacial score (nSPS) is 15.4. The van der Waals surface area contributed by atoms with Crippen molar-refractivity contribution in [3.8, 4) is 5.82 Å². The van der Waals surface area contributed by atoms with Crippen LogP contribution in [0.1, 0.15) is 30.7 Å². The lowest BCUT2D eigenvalue weighted by Gasteiger charge is -2.36. The van der Waals surface area contributed by atoms with E-state index in [1.807, 2.05) is 65.1 Å². The Balaban J connectivity index is 1.39. The highest BCUT2D eigenvalue weighted by molar-refractivity contribution is 5.84. The lowest BCUT2D eigenvalue weighted by molar-refractivity contribution is -0.133. The monoisotopic (exact) mass is 390 g/mol. The Morgan fingerprint density at radius 1 is 1.00 bits per heavy atom. The number of amides is 1. The smallest absolute Gasteiger partial charge is 0.230 e. The SMILES string of the molecule is CCC(C(=O)N1CCN(c2ccc(-n3ccnc3C)nn2)CC1)c1ccccc1. The first-order chi connectivity index (χ1) is 14.2. The first-order valence-electron chi connectivity index (χ1n) is 10.1. The van der Waals surface area contributed by atoms with Gasteiger partial charge in [0.1, 0.15) is 5.82 Å². The standard InChI is InChI=1S/C22H26N6O/c1-3-19(18-7-5-4-6-8-18)22(29)27-15-13-26(14-16-27)20-9-10-21(25-24-20)28-12-11-23-17(28)2/h4-12,19H,3,13-16H2,1-2H3. The average Bonchev–Trinajstić information content (AvgIpc) is 3.21. The minimum atomic E-state index is -0.0692. The summed E-state index contributed by atoms with van der Waals surface area (Å²) in [7, 11) is 0. The van der Waals surface area contributed by atoms with E-state index in [1.54, 1.807) is 6.20 Å². The number of carbonyl (C=O) groups excluding carboxylic acids is 1. The van der Waals surface area contributed by atoms with Gasteiger partial charge >= 0.3 is 0 Å². The molecule has 0 radical (unpaired) electrons. The van der Waals surface area contributed by atoms with Crippen molar-refractivity contribution in [2.24, 2.45) is 0 Å². The van der Waals surface area contributed by atoms with Gasteiger partial charge in [0.15, 0.2) is 11.6 Å². The predicted molar refractivity (Wildman–Crippen MR) is 112 cm³/mol. The molecule has 0 N–H and O–H groups in total. The van der Waals surface area contributed by atoms with Gasteiger partial charge in [-0.2, -0.15) is 0 Å². The highest BCUT2D eigenvalue weighted by atomic mass is 16.2. The molecule has 1 atom stereocenters. The zero-order valence-electron chi connectivity index (χ0n) is 16.9. The molecule has 1 amide bonds. The van der Waals surface area contributed by atoms with Gasteiger partial charge in [0.05, 0.1) is 5.92 Å². The summed E-state index contributed by atoms with van der Waals surface area (Å²) in [5.41, 5.74) is 1.10. The molecular weight excluding hydrogens is 364 g/mol. The lowest BCUT2D eigenvalue weighted by atomic mass is 9.95. The minimum absolute atomic E-state index is 0.0692. The van der Waals surface area contributed by atoms with Gasteiger partial charge in [0.25, 0.3) is 0 Å². The molecule has 0 aliphatic carbocycles. The van der Waals surface area contributed by atoms with Gasteiger partial charge in [-0.1, -0.05) is 37.3 Å². The maximum Gasteiger partial charge on any atom is 0.230 e. The molecule has 1 saturated heterocycles. The molecule has 0 spiro atoms. The summed E-state index contributed by atoms with van der Waals surface area (Å²) in [5, 5.41) is 8.74. The van der Waals surface area contributed by atoms with E-state index in [4.69, 9.17) is 0 Å². The van der Waals surface area contributed by atoms with Crippen molar-refractivity contribution in [1.82, 2.24) is 24.6 Å². The molecule has 1 aliphatic rings. The van der Waals surface area contributed by atoms with E-state index in [0.29, 0.717) is 13.1 Å². The summed E-state index contributed by atoms with van der Waals surface area (Å²) >= 11 is 0. The molecule has 29 heavy (non-hydrogen) atoms. The van der Waals surface area contributed by atoms with Gasteiger partial charge in [-0.25, -0.2) is 4.98 Å². The number of imidazole rings is 1. The van der Waals surface area contributed by atoms with E-state index in [0.717, 1.165) is 42.5 Å². The van der Waals surface area contributed by atoms with Crippen molar-refractivity contribution in [2.75, 3.05) is 31.1 Å². The molecule has 3 aromatic rings. The second-order valence-corrected chi connectivity index (χ2v) is 7.28. The molecule has 7 heteroatoms. The van der Waals surface area contributed by atoms with Crippen LogP contribution in [0, 0.1) is 6.92 Å². The number of aryl methyl sites for hydroxylation is 1. The number of hydrogen-bond acceptors (Lipinski definition) is 5. The quantitative estimate of drug-likeness (QED) is 0.670. The third kappa shape index (κ3) is 3.99. The van der Waals surface area contributed by atoms with E-state index in [-0.39, 0.29) is 11.8 Å². The lowest BCUT2D eigenvalue weighted by Crippen LogP contribution is -2.50. The molecule has 1 fully saturated rings. The van der Waals surface area contributed by atoms with Crippen molar-refractivity contribution in [3.63, 3.8) is 0 Å². The van der Waals surface area contributed by atoms with E-state index in [1.165, 1.54) is 0 Å². The van der Waals surface area contributed by atoms with Crippen LogP contribution < -0.4 is 4.90 Å². The van der Waals surface area contributed by atoms with Crippen LogP contribution in [0.5, 0.6) is 0 Å². The molecule has 3 heterocycles. The molecule has 0 saturated carbocycles. The van der Waals surface area contributed by atoms with Crippen LogP contribution in [-0.2, 0) is 4.79 Å². The van der Waals surface area contributed by atoms with Crippen molar-refractivity contribution in [1.29, 1.82) is 0 Å². The Hall–Kier alpha value is -3.22. The van der Waals surface area contributed by atoms with Crippen LogP contribution >= 0.6 is 0 Å². The first kappa shape index (κ1) is 19.1. The van der Waals surface area contributed by atoms with Crippen LogP contribution in [0.2, 0.25) is 0 Å². The molecule has 1 aromatic carbocycles. The highest BCUT2D eigenvalue weighted by Crippen LogP contribution is 2.23. The van der Waals surface area contributed by atoms with Gasteiger partial charge in [-0.05, 0) is 31.0 Å². The van der Waals surface area contributed by atoms with E-state index < -0.39 is 0 Å². The number of piperazine rings is 1. The van der Waals surface area contributed by atoms with Crippen molar-refractivity contribution in [2.45, 2.75) is 26.2 Å². The fraction of sp³-hybridized carbons (Fsp3) is 0.364. The minimum Gasteiger partial charge on any atom is -0.352 e. The summed E-state index contributed by atoms with van der Waals surface area (Å²) in [5.74, 6) is 2.62. The molecule has 1 unspecified atom stereocenters. The zero-order valence-corrected chi connectivity index (χ0v) is 16.9. The average molecular weight is 390 g/mol. The Kier molecular flexibility index (Phi) is 5.55. The largest absolute Gasteiger partial charge is 0.352 e. The second kappa shape index (κ2) is 8.43. The number of anilines is 1. The van der Waals surface area contributed by atoms with Crippen molar-refractivity contribution < 1.29 is 4.79 Å². The van der Waals surface area contributed by atoms with Gasteiger partial charge in [0, 0.05) is 38.6 Å². The Bertz CT molecular complexity index is 945. The van der Waals surface area contributed by atoms with Crippen LogP contribution in [0.3, 0.4) is 0 Å². The Labute approximate surface area is 171 Å². The van der Waals surface area contributed by atoms with Gasteiger partial charge < -0.3 is 9.80 Å². The summed E-state index contributed by atoms with van der Waals surface area (Å²) in [4.78, 5) is 21.4. The summed E-state index contributed by atoms with van der Waals surface area (Å²) in [6, 6.07) is 14.0. The molecule has 4 rings (SSSR count). The van der Waals surface area contributed by atoms with Gasteiger partial charge in [-0.3, -0.25) is 9.36 Å². The number of hydrogen-bond donors (Lipinski definition) is 0. The molecule has 1 aliphatic heterocycles. The molecule has 150 valence electrons. The predicted octanol–water partition coefficient (Wildman–Crippen LogP) is 2.81. The van der Waals surface area contributed by atoms with Crippen molar-refractivity contribution in [3.05, 3.63) is 66.2 Å². The van der Waals surface area contributed by atoms with Crippen LogP contribution in [-0.4, -0.2) is 56.7 Å². The van der Waals surface area contributed by atoms with E-state index in [2.05, 4.69) is 27.0 Å². The maximum atomic E-state index is 13.1. The number of rotatable bonds is 5. The first-order valence-corrected chi connectivity index (χ1v) is 10.1. The molecule has 0 bridgehead atoms. The van der Waals surface area contributed by atoms with Gasteiger partial charge in [-0.15, -0.1) is 10.2 Å². The molecular formula is C22H26N6O. The Morgan fingerprint density at radius 3 is 2.28 bits per heavy atom. The van der Waals surface area contributed by atoms with Crippen LogP contribution in [0.15, 0.2) is 54.9 Å². The molecule has 7 nitrogen and oxygen atoms in total. The second-order valence-electron chi connectivity index (χ2n) is 7.28. The Morgan fingerprint density at radius 2 is 1.69 bits per heavy atom. The molecule has 2 aromatic heterocycles. The third-order valence-corrected chi connectivity index (χ3v) is 5.53. The number of nitrogens with zero attached hydrogens (tertiary/aromatic N) is 6. The number of benzene rings is 1. The maximum absolute atomic E-state index is 13.1. The van der Waals surface area contributed by atoms with E-state index >= 15 is 0 Å². The summed E-state index contributed by atoms with van der Waals surface area (Å²) in [6.07, 6.45) is 4.43. The van der Waals surface area contributed by atoms with Crippen LogP contribution in [0.4, 0.5) is 5.82 Å². The number of aromatic nitrogens is 4. The van der Waals surface area contributed by atoms with E-state index in [9.17, 15) is 4.79 Å². The fourth-order valence-electron chi connectivity index (χ4n) is 3.85. The summed E-state index contributed by atoms with van der Waals surface area (Å²) in [6.45, 7) is 6.93. The topological polar surface area (TPSA) is 67.2 Å². The fourth-order valence-corrected chi connectivity index (χ4v) is 3.85. The van der Waals surface area contributed by atoms with Crippen LogP contribution in [0.25, 0.3) is 5.82 Å². The summed E-state index contributed by atoms with van der Waals surface area (Å²) < 4.78 is 1.90. The number of carbonyl (C=O) groups is 1. The highest BCUT2D eigenvalue weighted by Gasteiger charge is 2.28. The zero-order chi connectivity index (χ0) is 20.2. The third-order valence-electron chi connectivity index (χ3n) is 5.53.